The number of hydrogen-bond acceptors (Lipinski definition) is 5. The number of aryl methyl sites for hydroxylation is 1. The van der Waals surface area contributed by atoms with Crippen LogP contribution < -0.4 is 16.2 Å². The number of hydroxylamine groups is 1. The zero-order chi connectivity index (χ0) is 23.3. The molecule has 174 valence electrons. The molecule has 4 N–H and O–H groups in total. The predicted octanol–water partition coefficient (Wildman–Crippen LogP) is 2.30. The first kappa shape index (κ1) is 23.7. The monoisotopic (exact) mass is 444 g/mol. The number of carbonyl (C=O) groups excluding carboxylic acids is 4. The first-order valence-corrected chi connectivity index (χ1v) is 11.2. The number of nitrogens with one attached hydrogen (secondary N) is 3. The van der Waals surface area contributed by atoms with Gasteiger partial charge in [0.2, 0.25) is 11.8 Å². The first-order valence-electron chi connectivity index (χ1n) is 11.2. The van der Waals surface area contributed by atoms with Crippen molar-refractivity contribution in [2.24, 2.45) is 17.8 Å². The van der Waals surface area contributed by atoms with Gasteiger partial charge in [0, 0.05) is 0 Å². The van der Waals surface area contributed by atoms with Crippen LogP contribution in [0.1, 0.15) is 57.9 Å². The quantitative estimate of drug-likeness (QED) is 0.250. The van der Waals surface area contributed by atoms with Gasteiger partial charge in [-0.15, -0.1) is 0 Å². The molecule has 3 rings (SSSR count). The van der Waals surface area contributed by atoms with E-state index >= 15 is 0 Å². The second-order valence-electron chi connectivity index (χ2n) is 9.18. The molecule has 0 bridgehead atoms. The standard InChI is InChI=1S/C23H32N4O5/c1-15(2)14-18(17(20(29)26-32)11-6-10-16-8-4-3-5-9-16)19(28)25-27-21(30)23(12-7-13-23)24-22(27)31/h3-5,8-9,15,17-18,32H,6-7,10-14H2,1-2H3,(H,24,31)(H,25,28)(H,26,29)/t17-,18?/m1/s1. The van der Waals surface area contributed by atoms with Crippen LogP contribution in [-0.2, 0) is 20.8 Å². The van der Waals surface area contributed by atoms with E-state index in [0.717, 1.165) is 23.4 Å². The molecular formula is C23H32N4O5. The molecule has 9 heteroatoms. The van der Waals surface area contributed by atoms with Gasteiger partial charge < -0.3 is 5.32 Å². The van der Waals surface area contributed by atoms with E-state index in [4.69, 9.17) is 0 Å². The van der Waals surface area contributed by atoms with E-state index < -0.39 is 41.1 Å². The fourth-order valence-corrected chi connectivity index (χ4v) is 4.51. The average molecular weight is 445 g/mol. The van der Waals surface area contributed by atoms with Gasteiger partial charge in [0.05, 0.1) is 11.8 Å². The lowest BCUT2D eigenvalue weighted by Crippen LogP contribution is -2.55. The van der Waals surface area contributed by atoms with Crippen LogP contribution in [0.2, 0.25) is 0 Å². The summed E-state index contributed by atoms with van der Waals surface area (Å²) in [7, 11) is 0. The van der Waals surface area contributed by atoms with Crippen LogP contribution >= 0.6 is 0 Å². The van der Waals surface area contributed by atoms with Gasteiger partial charge in [0.15, 0.2) is 0 Å². The smallest absolute Gasteiger partial charge is 0.322 e. The molecule has 5 amide bonds. The highest BCUT2D eigenvalue weighted by atomic mass is 16.5. The van der Waals surface area contributed by atoms with Crippen LogP contribution in [-0.4, -0.2) is 39.5 Å². The molecule has 1 aromatic carbocycles. The Morgan fingerprint density at radius 3 is 2.34 bits per heavy atom. The highest BCUT2D eigenvalue weighted by molar-refractivity contribution is 6.08. The van der Waals surface area contributed by atoms with Gasteiger partial charge >= 0.3 is 6.03 Å². The van der Waals surface area contributed by atoms with Crippen LogP contribution in [0.3, 0.4) is 0 Å². The maximum Gasteiger partial charge on any atom is 0.344 e. The van der Waals surface area contributed by atoms with E-state index in [-0.39, 0.29) is 5.92 Å². The van der Waals surface area contributed by atoms with Crippen molar-refractivity contribution in [1.82, 2.24) is 21.2 Å². The van der Waals surface area contributed by atoms with Crippen LogP contribution in [0.5, 0.6) is 0 Å². The Bertz CT molecular complexity index is 853. The molecule has 2 atom stereocenters. The zero-order valence-electron chi connectivity index (χ0n) is 18.6. The van der Waals surface area contributed by atoms with Crippen molar-refractivity contribution in [3.05, 3.63) is 35.9 Å². The largest absolute Gasteiger partial charge is 0.344 e. The molecule has 1 spiro atoms. The third-order valence-electron chi connectivity index (χ3n) is 6.41. The molecule has 1 aliphatic heterocycles. The number of imide groups is 1. The fraction of sp³-hybridized carbons (Fsp3) is 0.565. The average Bonchev–Trinajstić information content (AvgIpc) is 3.00. The third-order valence-corrected chi connectivity index (χ3v) is 6.41. The molecule has 1 unspecified atom stereocenters. The van der Waals surface area contributed by atoms with Gasteiger partial charge in [-0.05, 0) is 56.4 Å². The number of benzene rings is 1. The van der Waals surface area contributed by atoms with E-state index in [1.165, 1.54) is 0 Å². The predicted molar refractivity (Wildman–Crippen MR) is 116 cm³/mol. The van der Waals surface area contributed by atoms with E-state index in [1.54, 1.807) is 5.48 Å². The Labute approximate surface area is 187 Å². The van der Waals surface area contributed by atoms with E-state index in [1.807, 2.05) is 44.2 Å². The summed E-state index contributed by atoms with van der Waals surface area (Å²) >= 11 is 0. The lowest BCUT2D eigenvalue weighted by atomic mass is 9.77. The van der Waals surface area contributed by atoms with Gasteiger partial charge in [-0.1, -0.05) is 44.2 Å². The molecule has 1 aromatic rings. The number of nitrogens with zero attached hydrogens (tertiary/aromatic N) is 1. The summed E-state index contributed by atoms with van der Waals surface area (Å²) in [6.45, 7) is 3.85. The molecule has 32 heavy (non-hydrogen) atoms. The van der Waals surface area contributed by atoms with Crippen LogP contribution in [0.4, 0.5) is 4.79 Å². The van der Waals surface area contributed by atoms with Crippen molar-refractivity contribution < 1.29 is 24.4 Å². The summed E-state index contributed by atoms with van der Waals surface area (Å²) < 4.78 is 0. The molecule has 2 fully saturated rings. The fourth-order valence-electron chi connectivity index (χ4n) is 4.51. The summed E-state index contributed by atoms with van der Waals surface area (Å²) in [6, 6.07) is 9.14. The van der Waals surface area contributed by atoms with Crippen molar-refractivity contribution in [2.45, 2.75) is 64.3 Å². The van der Waals surface area contributed by atoms with Crippen molar-refractivity contribution >= 4 is 23.8 Å². The maximum atomic E-state index is 13.2. The lowest BCUT2D eigenvalue weighted by molar-refractivity contribution is -0.146. The van der Waals surface area contributed by atoms with E-state index in [9.17, 15) is 24.4 Å². The SMILES string of the molecule is CC(C)CC(C(=O)NN1C(=O)NC2(CCC2)C1=O)[C@@H](CCCc1ccccc1)C(=O)NO. The maximum absolute atomic E-state index is 13.2. The van der Waals surface area contributed by atoms with E-state index in [0.29, 0.717) is 32.1 Å². The van der Waals surface area contributed by atoms with Crippen molar-refractivity contribution in [1.29, 1.82) is 0 Å². The molecule has 0 aromatic heterocycles. The Hall–Kier alpha value is -2.94. The van der Waals surface area contributed by atoms with Crippen molar-refractivity contribution in [3.8, 4) is 0 Å². The lowest BCUT2D eigenvalue weighted by Gasteiger charge is -2.34. The molecule has 1 saturated heterocycles. The summed E-state index contributed by atoms with van der Waals surface area (Å²) in [4.78, 5) is 50.7. The number of hydrogen-bond donors (Lipinski definition) is 4. The van der Waals surface area contributed by atoms with Crippen molar-refractivity contribution in [3.63, 3.8) is 0 Å². The highest BCUT2D eigenvalue weighted by Crippen LogP contribution is 2.37. The van der Waals surface area contributed by atoms with Crippen LogP contribution in [0.25, 0.3) is 0 Å². The summed E-state index contributed by atoms with van der Waals surface area (Å²) in [5, 5.41) is 12.7. The molecule has 1 heterocycles. The first-order chi connectivity index (χ1) is 15.3. The van der Waals surface area contributed by atoms with Crippen LogP contribution in [0, 0.1) is 17.8 Å². The Kier molecular flexibility index (Phi) is 7.50. The highest BCUT2D eigenvalue weighted by Gasteiger charge is 2.55. The van der Waals surface area contributed by atoms with Crippen LogP contribution in [0.15, 0.2) is 30.3 Å². The minimum atomic E-state index is -0.907. The van der Waals surface area contributed by atoms with Gasteiger partial charge in [0.25, 0.3) is 5.91 Å². The summed E-state index contributed by atoms with van der Waals surface area (Å²) in [5.74, 6) is -3.22. The van der Waals surface area contributed by atoms with Gasteiger partial charge in [-0.3, -0.25) is 25.0 Å². The van der Waals surface area contributed by atoms with Gasteiger partial charge in [-0.2, -0.15) is 5.01 Å². The second kappa shape index (κ2) is 10.1. The minimum absolute atomic E-state index is 0.0787. The Balaban J connectivity index is 1.71. The summed E-state index contributed by atoms with van der Waals surface area (Å²) in [6.07, 6.45) is 4.03. The number of amides is 5. The van der Waals surface area contributed by atoms with Gasteiger partial charge in [0.1, 0.15) is 5.54 Å². The number of urea groups is 1. The number of rotatable bonds is 10. The Morgan fingerprint density at radius 2 is 1.81 bits per heavy atom. The zero-order valence-corrected chi connectivity index (χ0v) is 18.6. The van der Waals surface area contributed by atoms with Gasteiger partial charge in [-0.25, -0.2) is 10.3 Å². The molecule has 1 saturated carbocycles. The molecule has 2 aliphatic rings. The molecule has 0 radical (unpaired) electrons. The minimum Gasteiger partial charge on any atom is -0.322 e. The molecule has 1 aliphatic carbocycles. The topological polar surface area (TPSA) is 128 Å². The molecular weight excluding hydrogens is 412 g/mol. The van der Waals surface area contributed by atoms with E-state index in [2.05, 4.69) is 10.7 Å². The normalized spacial score (nSPS) is 18.8. The molecule has 9 nitrogen and oxygen atoms in total. The number of hydrazine groups is 1. The Morgan fingerprint density at radius 1 is 1.12 bits per heavy atom. The third kappa shape index (κ3) is 5.09. The number of carbonyl (C=O) groups is 4. The summed E-state index contributed by atoms with van der Waals surface area (Å²) in [5.41, 5.74) is 4.34. The van der Waals surface area contributed by atoms with Crippen molar-refractivity contribution in [2.75, 3.05) is 0 Å². The second-order valence-corrected chi connectivity index (χ2v) is 9.18.